The van der Waals surface area contributed by atoms with Crippen molar-refractivity contribution in [1.29, 1.82) is 0 Å². The maximum atomic E-state index is 13.7. The summed E-state index contributed by atoms with van der Waals surface area (Å²) in [6.45, 7) is 4.40. The summed E-state index contributed by atoms with van der Waals surface area (Å²) >= 11 is 0. The highest BCUT2D eigenvalue weighted by Crippen LogP contribution is 2.37. The molecule has 6 rings (SSSR count). The van der Waals surface area contributed by atoms with Gasteiger partial charge in [0.25, 0.3) is 5.56 Å². The first-order valence-electron chi connectivity index (χ1n) is 12.2. The Bertz CT molecular complexity index is 1370. The molecule has 34 heavy (non-hydrogen) atoms. The molecule has 0 N–H and O–H groups in total. The summed E-state index contributed by atoms with van der Waals surface area (Å²) in [6, 6.07) is 22.9. The van der Waals surface area contributed by atoms with E-state index in [9.17, 15) is 4.79 Å². The monoisotopic (exact) mass is 453 g/mol. The number of rotatable bonds is 5. The molecule has 2 atom stereocenters. The minimum absolute atomic E-state index is 0.157. The van der Waals surface area contributed by atoms with Gasteiger partial charge >= 0.3 is 0 Å². The Balaban J connectivity index is 1.28. The molecule has 5 heteroatoms. The van der Waals surface area contributed by atoms with Crippen LogP contribution in [0.15, 0.2) is 75.9 Å². The van der Waals surface area contributed by atoms with Crippen molar-refractivity contribution in [3.63, 3.8) is 0 Å². The Morgan fingerprint density at radius 2 is 1.76 bits per heavy atom. The number of nitrogens with zero attached hydrogens (tertiary/aromatic N) is 3. The van der Waals surface area contributed by atoms with Crippen LogP contribution in [-0.4, -0.2) is 41.6 Å². The number of aromatic nitrogens is 1. The molecule has 2 aromatic carbocycles. The van der Waals surface area contributed by atoms with E-state index in [4.69, 9.17) is 4.42 Å². The van der Waals surface area contributed by atoms with Crippen LogP contribution < -0.4 is 5.56 Å². The molecule has 2 aromatic heterocycles. The maximum absolute atomic E-state index is 13.7. The zero-order valence-electron chi connectivity index (χ0n) is 19.9. The van der Waals surface area contributed by atoms with E-state index >= 15 is 0 Å². The SMILES string of the molecule is CN(C)Cc1ccccc1-c1ccc2n(c1=O)C[C@@H]1C[C@@H]2CN(Cc2cc3ccccc3o2)C1. The van der Waals surface area contributed by atoms with E-state index in [1.54, 1.807) is 0 Å². The number of piperidine rings is 1. The Hall–Kier alpha value is -3.15. The van der Waals surface area contributed by atoms with E-state index in [-0.39, 0.29) is 5.56 Å². The molecule has 2 bridgehead atoms. The number of fused-ring (bicyclic) bond motifs is 5. The molecule has 0 amide bonds. The molecule has 0 radical (unpaired) electrons. The van der Waals surface area contributed by atoms with Gasteiger partial charge in [-0.2, -0.15) is 0 Å². The Morgan fingerprint density at radius 1 is 0.941 bits per heavy atom. The fourth-order valence-corrected chi connectivity index (χ4v) is 5.98. The van der Waals surface area contributed by atoms with Crippen molar-refractivity contribution in [3.05, 3.63) is 94.1 Å². The lowest BCUT2D eigenvalue weighted by Gasteiger charge is -2.42. The van der Waals surface area contributed by atoms with Crippen LogP contribution in [0, 0.1) is 5.92 Å². The molecular formula is C29H31N3O2. The van der Waals surface area contributed by atoms with Crippen molar-refractivity contribution in [2.75, 3.05) is 27.2 Å². The summed E-state index contributed by atoms with van der Waals surface area (Å²) in [4.78, 5) is 18.3. The molecule has 1 saturated heterocycles. The molecule has 0 spiro atoms. The van der Waals surface area contributed by atoms with Crippen molar-refractivity contribution in [3.8, 4) is 11.1 Å². The summed E-state index contributed by atoms with van der Waals surface area (Å²) < 4.78 is 8.15. The van der Waals surface area contributed by atoms with Crippen molar-refractivity contribution in [2.24, 2.45) is 5.92 Å². The van der Waals surface area contributed by atoms with Crippen LogP contribution in [0.25, 0.3) is 22.1 Å². The number of likely N-dealkylation sites (tertiary alicyclic amines) is 1. The van der Waals surface area contributed by atoms with Gasteiger partial charge in [-0.1, -0.05) is 42.5 Å². The topological polar surface area (TPSA) is 41.6 Å². The van der Waals surface area contributed by atoms with Crippen LogP contribution >= 0.6 is 0 Å². The molecule has 174 valence electrons. The fraction of sp³-hybridized carbons (Fsp3) is 0.345. The molecule has 0 unspecified atom stereocenters. The third-order valence-electron chi connectivity index (χ3n) is 7.33. The highest BCUT2D eigenvalue weighted by Gasteiger charge is 2.35. The van der Waals surface area contributed by atoms with Gasteiger partial charge in [-0.15, -0.1) is 0 Å². The van der Waals surface area contributed by atoms with Crippen molar-refractivity contribution < 1.29 is 4.42 Å². The smallest absolute Gasteiger partial charge is 0.258 e. The highest BCUT2D eigenvalue weighted by molar-refractivity contribution is 5.77. The van der Waals surface area contributed by atoms with E-state index in [1.165, 1.54) is 11.3 Å². The van der Waals surface area contributed by atoms with Gasteiger partial charge in [-0.25, -0.2) is 0 Å². The van der Waals surface area contributed by atoms with Gasteiger partial charge in [0.05, 0.1) is 6.54 Å². The first kappa shape index (κ1) is 21.4. The van der Waals surface area contributed by atoms with Crippen molar-refractivity contribution in [1.82, 2.24) is 14.4 Å². The molecular weight excluding hydrogens is 422 g/mol. The first-order chi connectivity index (χ1) is 16.5. The lowest BCUT2D eigenvalue weighted by molar-refractivity contribution is 0.108. The van der Waals surface area contributed by atoms with Crippen molar-refractivity contribution >= 4 is 11.0 Å². The van der Waals surface area contributed by atoms with E-state index in [0.29, 0.717) is 11.8 Å². The molecule has 2 aliphatic heterocycles. The molecule has 4 heterocycles. The molecule has 2 aliphatic rings. The second-order valence-electron chi connectivity index (χ2n) is 10.2. The largest absolute Gasteiger partial charge is 0.460 e. The molecule has 4 aromatic rings. The average molecular weight is 454 g/mol. The van der Waals surface area contributed by atoms with Crippen LogP contribution in [0.3, 0.4) is 0 Å². The predicted molar refractivity (Wildman–Crippen MR) is 136 cm³/mol. The summed E-state index contributed by atoms with van der Waals surface area (Å²) in [7, 11) is 4.13. The average Bonchev–Trinajstić information content (AvgIpc) is 3.22. The van der Waals surface area contributed by atoms with Crippen molar-refractivity contribution in [2.45, 2.75) is 32.0 Å². The van der Waals surface area contributed by atoms with E-state index in [0.717, 1.165) is 67.0 Å². The summed E-state index contributed by atoms with van der Waals surface area (Å²) in [5.41, 5.74) is 5.36. The second-order valence-corrected chi connectivity index (χ2v) is 10.2. The zero-order chi connectivity index (χ0) is 23.2. The Morgan fingerprint density at radius 3 is 2.62 bits per heavy atom. The van der Waals surface area contributed by atoms with Gasteiger partial charge in [-0.3, -0.25) is 9.69 Å². The van der Waals surface area contributed by atoms with Crippen LogP contribution in [0.5, 0.6) is 0 Å². The third kappa shape index (κ3) is 3.89. The van der Waals surface area contributed by atoms with Gasteiger partial charge < -0.3 is 13.9 Å². The number of hydrogen-bond acceptors (Lipinski definition) is 4. The van der Waals surface area contributed by atoms with Crippen LogP contribution in [0.1, 0.15) is 29.4 Å². The van der Waals surface area contributed by atoms with Crippen LogP contribution in [0.2, 0.25) is 0 Å². The van der Waals surface area contributed by atoms with Gasteiger partial charge in [-0.05, 0) is 61.8 Å². The van der Waals surface area contributed by atoms with Gasteiger partial charge in [0.15, 0.2) is 0 Å². The standard InChI is InChI=1S/C29H31N3O2/c1-30(2)17-22-8-3-5-9-25(22)26-11-12-27-23-13-20(16-32(27)29(26)33)15-31(18-23)19-24-14-21-7-4-6-10-28(21)34-24/h3-12,14,20,23H,13,15-19H2,1-2H3/t20-,23-/m1/s1. The van der Waals surface area contributed by atoms with Gasteiger partial charge in [0.2, 0.25) is 0 Å². The second kappa shape index (κ2) is 8.57. The number of para-hydroxylation sites is 1. The van der Waals surface area contributed by atoms with Gasteiger partial charge in [0.1, 0.15) is 11.3 Å². The lowest BCUT2D eigenvalue weighted by atomic mass is 9.82. The van der Waals surface area contributed by atoms with E-state index in [1.807, 2.05) is 18.2 Å². The number of hydrogen-bond donors (Lipinski definition) is 0. The van der Waals surface area contributed by atoms with E-state index < -0.39 is 0 Å². The lowest BCUT2D eigenvalue weighted by Crippen LogP contribution is -2.46. The number of furan rings is 1. The number of benzene rings is 2. The maximum Gasteiger partial charge on any atom is 0.258 e. The number of pyridine rings is 1. The zero-order valence-corrected chi connectivity index (χ0v) is 19.9. The minimum Gasteiger partial charge on any atom is -0.460 e. The molecule has 5 nitrogen and oxygen atoms in total. The summed E-state index contributed by atoms with van der Waals surface area (Å²) in [6.07, 6.45) is 1.16. The molecule has 0 saturated carbocycles. The van der Waals surface area contributed by atoms with Gasteiger partial charge in [0, 0.05) is 48.7 Å². The summed E-state index contributed by atoms with van der Waals surface area (Å²) in [5, 5.41) is 1.16. The van der Waals surface area contributed by atoms with Crippen LogP contribution in [-0.2, 0) is 19.6 Å². The van der Waals surface area contributed by atoms with E-state index in [2.05, 4.69) is 77.0 Å². The highest BCUT2D eigenvalue weighted by atomic mass is 16.3. The summed E-state index contributed by atoms with van der Waals surface area (Å²) in [5.74, 6) is 1.89. The molecule has 0 aliphatic carbocycles. The van der Waals surface area contributed by atoms with Crippen LogP contribution in [0.4, 0.5) is 0 Å². The third-order valence-corrected chi connectivity index (χ3v) is 7.33. The quantitative estimate of drug-likeness (QED) is 0.429. The minimum atomic E-state index is 0.157. The Kier molecular flexibility index (Phi) is 5.39. The normalized spacial score (nSPS) is 20.1. The fourth-order valence-electron chi connectivity index (χ4n) is 5.98. The first-order valence-corrected chi connectivity index (χ1v) is 12.2. The Labute approximate surface area is 200 Å². The molecule has 1 fully saturated rings. The predicted octanol–water partition coefficient (Wildman–Crippen LogP) is 4.94.